The summed E-state index contributed by atoms with van der Waals surface area (Å²) in [5.74, 6) is -0.802. The number of fused-ring (bicyclic) bond motifs is 1. The minimum atomic E-state index is -3.38. The summed E-state index contributed by atoms with van der Waals surface area (Å²) in [5.41, 5.74) is 0.788. The molecule has 0 bridgehead atoms. The Balaban J connectivity index is 1.81. The molecule has 2 rings (SSSR count). The predicted molar refractivity (Wildman–Crippen MR) is 93.9 cm³/mol. The predicted octanol–water partition coefficient (Wildman–Crippen LogP) is 1.36. The van der Waals surface area contributed by atoms with E-state index in [4.69, 9.17) is 4.74 Å². The van der Waals surface area contributed by atoms with Crippen molar-refractivity contribution in [1.82, 2.24) is 9.21 Å². The molecule has 1 aliphatic heterocycles. The van der Waals surface area contributed by atoms with Crippen molar-refractivity contribution in [3.63, 3.8) is 0 Å². The van der Waals surface area contributed by atoms with E-state index in [2.05, 4.69) is 0 Å². The molecule has 1 aromatic carbocycles. The minimum absolute atomic E-state index is 0.0225. The van der Waals surface area contributed by atoms with Crippen LogP contribution < -0.4 is 0 Å². The molecule has 2 amide bonds. The zero-order valence-electron chi connectivity index (χ0n) is 14.8. The highest BCUT2D eigenvalue weighted by Crippen LogP contribution is 2.21. The van der Waals surface area contributed by atoms with E-state index in [1.165, 1.54) is 4.31 Å². The van der Waals surface area contributed by atoms with Crippen LogP contribution in [0.15, 0.2) is 24.3 Å². The zero-order chi connectivity index (χ0) is 18.6. The number of hydrogen-bond acceptors (Lipinski definition) is 5. The number of rotatable bonds is 9. The fourth-order valence-corrected chi connectivity index (χ4v) is 4.46. The number of imide groups is 1. The van der Waals surface area contributed by atoms with Gasteiger partial charge in [-0.05, 0) is 26.0 Å². The maximum atomic E-state index is 12.2. The van der Waals surface area contributed by atoms with E-state index in [0.717, 1.165) is 4.90 Å². The molecule has 1 aliphatic rings. The first-order valence-corrected chi connectivity index (χ1v) is 9.93. The highest BCUT2D eigenvalue weighted by atomic mass is 32.2. The molecule has 25 heavy (non-hydrogen) atoms. The van der Waals surface area contributed by atoms with Crippen LogP contribution in [0.4, 0.5) is 0 Å². The molecule has 0 aromatic heterocycles. The lowest BCUT2D eigenvalue weighted by atomic mass is 10.1. The summed E-state index contributed by atoms with van der Waals surface area (Å²) < 4.78 is 31.2. The zero-order valence-corrected chi connectivity index (χ0v) is 15.6. The van der Waals surface area contributed by atoms with Gasteiger partial charge in [0.1, 0.15) is 0 Å². The number of ether oxygens (including phenoxy) is 1. The van der Waals surface area contributed by atoms with E-state index in [0.29, 0.717) is 17.7 Å². The summed E-state index contributed by atoms with van der Waals surface area (Å²) in [6, 6.07) is 6.56. The molecule has 0 fully saturated rings. The first kappa shape index (κ1) is 19.6. The average molecular weight is 368 g/mol. The lowest BCUT2D eigenvalue weighted by Crippen LogP contribution is -2.39. The second-order valence-electron chi connectivity index (χ2n) is 6.03. The van der Waals surface area contributed by atoms with Crippen LogP contribution in [-0.2, 0) is 14.8 Å². The van der Waals surface area contributed by atoms with Crippen LogP contribution in [0.1, 0.15) is 41.5 Å². The fraction of sp³-hybridized carbons (Fsp3) is 0.529. The number of sulfonamides is 1. The van der Waals surface area contributed by atoms with E-state index in [9.17, 15) is 18.0 Å². The third-order valence-corrected chi connectivity index (χ3v) is 6.14. The molecule has 0 saturated heterocycles. The molecule has 1 aromatic rings. The molecule has 138 valence electrons. The van der Waals surface area contributed by atoms with Crippen molar-refractivity contribution < 1.29 is 22.7 Å². The molecule has 0 radical (unpaired) electrons. The van der Waals surface area contributed by atoms with Gasteiger partial charge in [0.05, 0.1) is 36.6 Å². The molecule has 1 heterocycles. The molecular formula is C17H24N2O5S. The Hall–Kier alpha value is -1.77. The first-order valence-electron chi connectivity index (χ1n) is 8.32. The second kappa shape index (κ2) is 8.07. The summed E-state index contributed by atoms with van der Waals surface area (Å²) in [5, 5.41) is 0. The molecule has 0 spiro atoms. The van der Waals surface area contributed by atoms with Crippen LogP contribution in [0.5, 0.6) is 0 Å². The van der Waals surface area contributed by atoms with E-state index in [-0.39, 0.29) is 43.4 Å². The van der Waals surface area contributed by atoms with Gasteiger partial charge in [-0.3, -0.25) is 14.5 Å². The van der Waals surface area contributed by atoms with Gasteiger partial charge in [-0.25, -0.2) is 8.42 Å². The van der Waals surface area contributed by atoms with Gasteiger partial charge in [-0.15, -0.1) is 0 Å². The monoisotopic (exact) mass is 368 g/mol. The molecule has 0 unspecified atom stereocenters. The van der Waals surface area contributed by atoms with Crippen molar-refractivity contribution in [2.45, 2.75) is 26.8 Å². The lowest BCUT2D eigenvalue weighted by Gasteiger charge is -2.24. The SMILES string of the molecule is CCN(C(C)C)S(=O)(=O)CCOCCN1C(=O)c2ccccc2C1=O. The third-order valence-electron chi connectivity index (χ3n) is 4.07. The molecule has 0 N–H and O–H groups in total. The van der Waals surface area contributed by atoms with Gasteiger partial charge < -0.3 is 4.74 Å². The topological polar surface area (TPSA) is 84.0 Å². The number of nitrogens with zero attached hydrogens (tertiary/aromatic N) is 2. The van der Waals surface area contributed by atoms with Crippen LogP contribution in [0.2, 0.25) is 0 Å². The molecule has 7 nitrogen and oxygen atoms in total. The summed E-state index contributed by atoms with van der Waals surface area (Å²) >= 11 is 0. The molecule has 0 atom stereocenters. The number of carbonyl (C=O) groups excluding carboxylic acids is 2. The Labute approximate surface area is 148 Å². The van der Waals surface area contributed by atoms with Gasteiger partial charge >= 0.3 is 0 Å². The normalized spacial score (nSPS) is 14.7. The maximum absolute atomic E-state index is 12.2. The Morgan fingerprint density at radius 1 is 1.08 bits per heavy atom. The van der Waals surface area contributed by atoms with Gasteiger partial charge in [-0.2, -0.15) is 4.31 Å². The van der Waals surface area contributed by atoms with E-state index in [1.54, 1.807) is 31.2 Å². The van der Waals surface area contributed by atoms with Crippen molar-refractivity contribution >= 4 is 21.8 Å². The van der Waals surface area contributed by atoms with Crippen molar-refractivity contribution in [3.05, 3.63) is 35.4 Å². The van der Waals surface area contributed by atoms with Crippen molar-refractivity contribution in [2.24, 2.45) is 0 Å². The molecule has 0 aliphatic carbocycles. The third kappa shape index (κ3) is 4.26. The maximum Gasteiger partial charge on any atom is 0.261 e. The van der Waals surface area contributed by atoms with Gasteiger partial charge in [0.15, 0.2) is 0 Å². The lowest BCUT2D eigenvalue weighted by molar-refractivity contribution is 0.0575. The van der Waals surface area contributed by atoms with Gasteiger partial charge in [0, 0.05) is 12.6 Å². The first-order chi connectivity index (χ1) is 11.8. The van der Waals surface area contributed by atoms with E-state index < -0.39 is 10.0 Å². The van der Waals surface area contributed by atoms with Gasteiger partial charge in [-0.1, -0.05) is 19.1 Å². The highest BCUT2D eigenvalue weighted by molar-refractivity contribution is 7.89. The van der Waals surface area contributed by atoms with E-state index >= 15 is 0 Å². The van der Waals surface area contributed by atoms with Crippen LogP contribution in [0, 0.1) is 0 Å². The number of hydrogen-bond donors (Lipinski definition) is 0. The quantitative estimate of drug-likeness (QED) is 0.485. The summed E-state index contributed by atoms with van der Waals surface area (Å²) in [7, 11) is -3.38. The van der Waals surface area contributed by atoms with Crippen molar-refractivity contribution in [3.8, 4) is 0 Å². The minimum Gasteiger partial charge on any atom is -0.378 e. The summed E-state index contributed by atoms with van der Waals surface area (Å²) in [4.78, 5) is 25.5. The number of amides is 2. The summed E-state index contributed by atoms with van der Waals surface area (Å²) in [6.07, 6.45) is 0. The molecule has 0 saturated carbocycles. The molecule has 8 heteroatoms. The average Bonchev–Trinajstić information content (AvgIpc) is 2.79. The highest BCUT2D eigenvalue weighted by Gasteiger charge is 2.34. The number of benzene rings is 1. The van der Waals surface area contributed by atoms with Crippen LogP contribution in [-0.4, -0.2) is 67.5 Å². The number of carbonyl (C=O) groups is 2. The summed E-state index contributed by atoms with van der Waals surface area (Å²) in [6.45, 7) is 6.08. The van der Waals surface area contributed by atoms with Crippen LogP contribution in [0.25, 0.3) is 0 Å². The van der Waals surface area contributed by atoms with Crippen LogP contribution >= 0.6 is 0 Å². The van der Waals surface area contributed by atoms with Gasteiger partial charge in [0.2, 0.25) is 10.0 Å². The van der Waals surface area contributed by atoms with Crippen molar-refractivity contribution in [2.75, 3.05) is 32.1 Å². The standard InChI is InChI=1S/C17H24N2O5S/c1-4-19(13(2)3)25(22,23)12-11-24-10-9-18-16(20)14-7-5-6-8-15(14)17(18)21/h5-8,13H,4,9-12H2,1-3H3. The Bertz CT molecular complexity index is 710. The van der Waals surface area contributed by atoms with E-state index in [1.807, 2.05) is 13.8 Å². The smallest absolute Gasteiger partial charge is 0.261 e. The van der Waals surface area contributed by atoms with Gasteiger partial charge in [0.25, 0.3) is 11.8 Å². The Kier molecular flexibility index (Phi) is 6.31. The Morgan fingerprint density at radius 2 is 1.64 bits per heavy atom. The fourth-order valence-electron chi connectivity index (χ4n) is 2.86. The molecular weight excluding hydrogens is 344 g/mol. The largest absolute Gasteiger partial charge is 0.378 e. The second-order valence-corrected chi connectivity index (χ2v) is 8.07. The van der Waals surface area contributed by atoms with Crippen molar-refractivity contribution in [1.29, 1.82) is 0 Å². The Morgan fingerprint density at radius 3 is 2.12 bits per heavy atom. The van der Waals surface area contributed by atoms with Crippen LogP contribution in [0.3, 0.4) is 0 Å².